The maximum Gasteiger partial charge on any atom is 0.292 e. The van der Waals surface area contributed by atoms with E-state index in [2.05, 4.69) is 9.97 Å². The molecule has 6 rings (SSSR count). The van der Waals surface area contributed by atoms with Gasteiger partial charge in [-0.05, 0) is 100 Å². The Morgan fingerprint density at radius 3 is 1.79 bits per heavy atom. The number of fused-ring (bicyclic) bond motifs is 4. The summed E-state index contributed by atoms with van der Waals surface area (Å²) in [6.07, 6.45) is 4.38. The molecule has 2 fully saturated rings. The Balaban J connectivity index is 0.000000280. The normalized spacial score (nSPS) is 20.6. The number of aromatic nitrogens is 2. The van der Waals surface area contributed by atoms with Gasteiger partial charge < -0.3 is 53.7 Å². The third-order valence-electron chi connectivity index (χ3n) is 7.40. The predicted molar refractivity (Wildman–Crippen MR) is 175 cm³/mol. The van der Waals surface area contributed by atoms with Crippen LogP contribution in [0.3, 0.4) is 0 Å². The van der Waals surface area contributed by atoms with Crippen LogP contribution in [0.2, 0.25) is 0 Å². The summed E-state index contributed by atoms with van der Waals surface area (Å²) in [6.45, 7) is 7.11. The van der Waals surface area contributed by atoms with E-state index >= 15 is 0 Å². The van der Waals surface area contributed by atoms with E-state index in [0.29, 0.717) is 34.6 Å². The van der Waals surface area contributed by atoms with Crippen molar-refractivity contribution in [2.75, 3.05) is 49.2 Å². The molecule has 2 heterocycles. The molecule has 4 aromatic rings. The molecule has 5 atom stereocenters. The minimum atomic E-state index is 0. The van der Waals surface area contributed by atoms with Gasteiger partial charge in [-0.2, -0.15) is 9.97 Å². The summed E-state index contributed by atoms with van der Waals surface area (Å²) < 4.78 is 15.1. The van der Waals surface area contributed by atoms with Gasteiger partial charge in [-0.25, -0.2) is 0 Å². The first-order valence-corrected chi connectivity index (χ1v) is 13.7. The third kappa shape index (κ3) is 10.1. The number of hydrogen-bond acceptors (Lipinski definition) is 12. The zero-order valence-corrected chi connectivity index (χ0v) is 23.5. The van der Waals surface area contributed by atoms with Gasteiger partial charge in [-0.15, -0.1) is 0 Å². The van der Waals surface area contributed by atoms with E-state index in [9.17, 15) is 0 Å². The van der Waals surface area contributed by atoms with Crippen LogP contribution in [0.1, 0.15) is 48.0 Å². The second-order valence-electron chi connectivity index (χ2n) is 10.3. The molecular formula is C30H53N9O3. The SMILES string of the molecule is C.C.CCOC(C)CN.NCC1CC2CC1CC2CN.Nc1ccc2nc(N)oc2c1.Nc1ccc2oc(N)nc2c1. The minimum absolute atomic E-state index is 0. The standard InChI is InChI=1S/C9H18N2.2C7H7N3O.C5H13NO.2CH4/c10-4-8-2-6-1-7(8)3-9(6)5-11;8-4-1-2-6-5(3-4)10-7(9)11-6;8-4-1-2-5-6(3-4)11-7(9)10-5;1-3-7-5(2)4-6;;/h6-9H,1-5,10-11H2;2*1-3H,8H2,(H2,9,10);5H,3-4,6H2,1-2H3;2*1H4. The lowest BCUT2D eigenvalue weighted by Gasteiger charge is -2.25. The Morgan fingerprint density at radius 2 is 1.29 bits per heavy atom. The van der Waals surface area contributed by atoms with E-state index < -0.39 is 0 Å². The topological polar surface area (TPSA) is 243 Å². The number of ether oxygens (including phenoxy) is 1. The first-order chi connectivity index (χ1) is 19.2. The quantitative estimate of drug-likeness (QED) is 0.162. The van der Waals surface area contributed by atoms with Crippen LogP contribution in [0, 0.1) is 23.7 Å². The lowest BCUT2D eigenvalue weighted by molar-refractivity contribution is 0.0826. The summed E-state index contributed by atoms with van der Waals surface area (Å²) in [5, 5.41) is 0. The van der Waals surface area contributed by atoms with Crippen molar-refractivity contribution in [2.24, 2.45) is 40.9 Å². The third-order valence-corrected chi connectivity index (χ3v) is 7.40. The van der Waals surface area contributed by atoms with E-state index in [1.807, 2.05) is 13.8 Å². The largest absolute Gasteiger partial charge is 0.424 e. The second kappa shape index (κ2) is 17.4. The maximum atomic E-state index is 5.68. The first kappa shape index (κ1) is 36.4. The molecule has 12 heteroatoms. The smallest absolute Gasteiger partial charge is 0.292 e. The van der Waals surface area contributed by atoms with Gasteiger partial charge in [0.25, 0.3) is 12.0 Å². The van der Waals surface area contributed by atoms with Crippen molar-refractivity contribution in [1.82, 2.24) is 9.97 Å². The fraction of sp³-hybridized carbons (Fsp3) is 0.533. The number of benzene rings is 2. The summed E-state index contributed by atoms with van der Waals surface area (Å²) in [7, 11) is 0. The maximum absolute atomic E-state index is 5.68. The highest BCUT2D eigenvalue weighted by Gasteiger charge is 2.44. The molecule has 2 bridgehead atoms. The Morgan fingerprint density at radius 1 is 0.762 bits per heavy atom. The zero-order chi connectivity index (χ0) is 29.2. The molecule has 42 heavy (non-hydrogen) atoms. The van der Waals surface area contributed by atoms with Crippen LogP contribution in [0.15, 0.2) is 45.2 Å². The molecule has 0 radical (unpaired) electrons. The number of nitrogens with two attached hydrogens (primary N) is 7. The van der Waals surface area contributed by atoms with Crippen molar-refractivity contribution in [3.63, 3.8) is 0 Å². The number of oxazole rings is 2. The molecule has 0 saturated heterocycles. The van der Waals surface area contributed by atoms with Crippen LogP contribution >= 0.6 is 0 Å². The Labute approximate surface area is 249 Å². The van der Waals surface area contributed by atoms with Crippen molar-refractivity contribution >= 4 is 45.6 Å². The molecule has 2 aliphatic carbocycles. The summed E-state index contributed by atoms with van der Waals surface area (Å²) in [4.78, 5) is 7.81. The molecule has 14 N–H and O–H groups in total. The van der Waals surface area contributed by atoms with Crippen LogP contribution in [-0.2, 0) is 4.74 Å². The lowest BCUT2D eigenvalue weighted by Crippen LogP contribution is -2.27. The molecule has 2 aromatic carbocycles. The van der Waals surface area contributed by atoms with Gasteiger partial charge >= 0.3 is 0 Å². The van der Waals surface area contributed by atoms with E-state index in [4.69, 9.17) is 53.7 Å². The number of hydrogen-bond donors (Lipinski definition) is 7. The zero-order valence-electron chi connectivity index (χ0n) is 23.5. The monoisotopic (exact) mass is 587 g/mol. The van der Waals surface area contributed by atoms with Crippen LogP contribution in [0.4, 0.5) is 23.4 Å². The molecular weight excluding hydrogens is 534 g/mol. The van der Waals surface area contributed by atoms with Gasteiger partial charge in [-0.3, -0.25) is 0 Å². The summed E-state index contributed by atoms with van der Waals surface area (Å²) >= 11 is 0. The number of rotatable bonds is 5. The van der Waals surface area contributed by atoms with Crippen LogP contribution in [-0.4, -0.2) is 42.3 Å². The number of nitrogen functional groups attached to an aromatic ring is 4. The molecule has 12 nitrogen and oxygen atoms in total. The number of anilines is 4. The van der Waals surface area contributed by atoms with Crippen molar-refractivity contribution in [3.05, 3.63) is 36.4 Å². The predicted octanol–water partition coefficient (Wildman–Crippen LogP) is 4.19. The van der Waals surface area contributed by atoms with Gasteiger partial charge in [-0.1, -0.05) is 14.9 Å². The van der Waals surface area contributed by atoms with Gasteiger partial charge in [0, 0.05) is 30.6 Å². The summed E-state index contributed by atoms with van der Waals surface area (Å²) in [6, 6.07) is 10.8. The van der Waals surface area contributed by atoms with E-state index in [1.54, 1.807) is 36.4 Å². The molecule has 2 aromatic heterocycles. The van der Waals surface area contributed by atoms with Crippen molar-refractivity contribution < 1.29 is 13.6 Å². The van der Waals surface area contributed by atoms with Crippen molar-refractivity contribution in [3.8, 4) is 0 Å². The van der Waals surface area contributed by atoms with Crippen molar-refractivity contribution in [1.29, 1.82) is 0 Å². The first-order valence-electron chi connectivity index (χ1n) is 13.7. The van der Waals surface area contributed by atoms with E-state index in [1.165, 1.54) is 19.3 Å². The highest BCUT2D eigenvalue weighted by Crippen LogP contribution is 2.50. The average molecular weight is 588 g/mol. The van der Waals surface area contributed by atoms with Gasteiger partial charge in [0.15, 0.2) is 11.2 Å². The highest BCUT2D eigenvalue weighted by atomic mass is 16.5. The molecule has 0 amide bonds. The van der Waals surface area contributed by atoms with E-state index in [0.717, 1.165) is 48.9 Å². The van der Waals surface area contributed by atoms with Gasteiger partial charge in [0.05, 0.1) is 6.10 Å². The minimum Gasteiger partial charge on any atom is -0.424 e. The highest BCUT2D eigenvalue weighted by molar-refractivity contribution is 5.78. The summed E-state index contributed by atoms with van der Waals surface area (Å²) in [5.41, 5.74) is 42.3. The van der Waals surface area contributed by atoms with Gasteiger partial charge in [0.1, 0.15) is 11.0 Å². The van der Waals surface area contributed by atoms with Crippen LogP contribution < -0.4 is 40.1 Å². The lowest BCUT2D eigenvalue weighted by atomic mass is 9.82. The molecule has 2 saturated carbocycles. The molecule has 5 unspecified atom stereocenters. The summed E-state index contributed by atoms with van der Waals surface area (Å²) in [5.74, 6) is 3.53. The second-order valence-corrected chi connectivity index (χ2v) is 10.3. The molecule has 0 aliphatic heterocycles. The fourth-order valence-electron chi connectivity index (χ4n) is 5.36. The van der Waals surface area contributed by atoms with E-state index in [-0.39, 0.29) is 33.0 Å². The van der Waals surface area contributed by atoms with Crippen molar-refractivity contribution in [2.45, 2.75) is 54.1 Å². The Kier molecular flexibility index (Phi) is 15.1. The molecule has 2 aliphatic rings. The Hall–Kier alpha value is -3.58. The van der Waals surface area contributed by atoms with Gasteiger partial charge in [0.2, 0.25) is 0 Å². The average Bonchev–Trinajstić information content (AvgIpc) is 3.71. The Bertz CT molecular complexity index is 1230. The van der Waals surface area contributed by atoms with Crippen LogP contribution in [0.25, 0.3) is 22.2 Å². The molecule has 236 valence electrons. The fourth-order valence-corrected chi connectivity index (χ4v) is 5.36. The molecule has 0 spiro atoms. The number of nitrogens with zero attached hydrogens (tertiary/aromatic N) is 2. The van der Waals surface area contributed by atoms with Crippen LogP contribution in [0.5, 0.6) is 0 Å².